The monoisotopic (exact) mass is 162 g/mol. The molecule has 0 aliphatic rings. The lowest BCUT2D eigenvalue weighted by Gasteiger charge is -2.02. The summed E-state index contributed by atoms with van der Waals surface area (Å²) in [5.41, 5.74) is 5.03. The summed E-state index contributed by atoms with van der Waals surface area (Å²) >= 11 is 0. The maximum absolute atomic E-state index is 11.4. The molecule has 0 aromatic heterocycles. The molecule has 0 heterocycles. The fraction of sp³-hybridized carbons (Fsp3) is 0.833. The average molecular weight is 162 g/mol. The van der Waals surface area contributed by atoms with Gasteiger partial charge in [0.1, 0.15) is 6.80 Å². The molecule has 0 aliphatic heterocycles. The van der Waals surface area contributed by atoms with E-state index in [-0.39, 0.29) is 5.96 Å². The van der Waals surface area contributed by atoms with E-state index in [1.54, 1.807) is 0 Å². The van der Waals surface area contributed by atoms with Crippen LogP contribution in [-0.2, 0) is 0 Å². The minimum atomic E-state index is -0.472. The van der Waals surface area contributed by atoms with Gasteiger partial charge in [-0.05, 0) is 19.4 Å². The van der Waals surface area contributed by atoms with E-state index in [1.807, 2.05) is 0 Å². The van der Waals surface area contributed by atoms with Crippen molar-refractivity contribution >= 4 is 5.96 Å². The predicted molar refractivity (Wildman–Crippen MR) is 43.1 cm³/mol. The van der Waals surface area contributed by atoms with Gasteiger partial charge in [-0.25, -0.2) is 4.39 Å². The highest BCUT2D eigenvalue weighted by Gasteiger charge is 1.88. The van der Waals surface area contributed by atoms with Gasteiger partial charge >= 0.3 is 0 Å². The number of nitrogens with one attached hydrogen (secondary N) is 3. The Morgan fingerprint density at radius 2 is 2.00 bits per heavy atom. The van der Waals surface area contributed by atoms with Crippen LogP contribution in [-0.4, -0.2) is 25.8 Å². The second-order valence-electron chi connectivity index (χ2n) is 2.18. The van der Waals surface area contributed by atoms with Crippen LogP contribution < -0.4 is 16.4 Å². The summed E-state index contributed by atoms with van der Waals surface area (Å²) in [5, 5.41) is 12.0. The van der Waals surface area contributed by atoms with Crippen LogP contribution in [0.1, 0.15) is 12.8 Å². The lowest BCUT2D eigenvalue weighted by atomic mass is 10.3. The Labute approximate surface area is 65.9 Å². The van der Waals surface area contributed by atoms with Crippen molar-refractivity contribution in [3.8, 4) is 0 Å². The summed E-state index contributed by atoms with van der Waals surface area (Å²) in [6.07, 6.45) is 1.79. The van der Waals surface area contributed by atoms with Gasteiger partial charge in [0.15, 0.2) is 5.96 Å². The number of rotatable bonds is 6. The average Bonchev–Trinajstić information content (AvgIpc) is 1.96. The maximum atomic E-state index is 11.4. The minimum Gasteiger partial charge on any atom is -0.370 e. The summed E-state index contributed by atoms with van der Waals surface area (Å²) in [6, 6.07) is 0. The molecule has 0 radical (unpaired) electrons. The second-order valence-corrected chi connectivity index (χ2v) is 2.18. The summed E-state index contributed by atoms with van der Waals surface area (Å²) in [7, 11) is 0. The van der Waals surface area contributed by atoms with E-state index < -0.39 is 6.80 Å². The van der Waals surface area contributed by atoms with Crippen LogP contribution in [0.5, 0.6) is 0 Å². The first kappa shape index (κ1) is 10.2. The van der Waals surface area contributed by atoms with Gasteiger partial charge in [0.05, 0.1) is 0 Å². The fourth-order valence-electron chi connectivity index (χ4n) is 0.665. The van der Waals surface area contributed by atoms with Crippen molar-refractivity contribution < 1.29 is 4.39 Å². The molecule has 0 spiro atoms. The number of hydrogen-bond acceptors (Lipinski definition) is 2. The number of nitrogens with two attached hydrogens (primary N) is 1. The van der Waals surface area contributed by atoms with Gasteiger partial charge in [0.2, 0.25) is 0 Å². The number of unbranched alkanes of at least 4 members (excludes halogenated alkanes) is 1. The maximum Gasteiger partial charge on any atom is 0.185 e. The highest BCUT2D eigenvalue weighted by Crippen LogP contribution is 1.83. The highest BCUT2D eigenvalue weighted by atomic mass is 19.1. The highest BCUT2D eigenvalue weighted by molar-refractivity contribution is 5.74. The van der Waals surface area contributed by atoms with Gasteiger partial charge in [-0.1, -0.05) is 0 Å². The van der Waals surface area contributed by atoms with Gasteiger partial charge in [0, 0.05) is 6.54 Å². The molecule has 0 saturated heterocycles. The Morgan fingerprint density at radius 3 is 2.55 bits per heavy atom. The van der Waals surface area contributed by atoms with Crippen LogP contribution >= 0.6 is 0 Å². The molecule has 0 bridgehead atoms. The molecule has 0 aromatic rings. The normalized spacial score (nSPS) is 9.55. The van der Waals surface area contributed by atoms with Crippen LogP contribution in [0, 0.1) is 5.41 Å². The van der Waals surface area contributed by atoms with E-state index >= 15 is 0 Å². The molecule has 5 N–H and O–H groups in total. The first-order valence-corrected chi connectivity index (χ1v) is 3.62. The van der Waals surface area contributed by atoms with Gasteiger partial charge in [-0.2, -0.15) is 0 Å². The lowest BCUT2D eigenvalue weighted by Crippen LogP contribution is -2.31. The molecule has 66 valence electrons. The zero-order chi connectivity index (χ0) is 8.53. The van der Waals surface area contributed by atoms with Crippen molar-refractivity contribution in [2.24, 2.45) is 5.73 Å². The lowest BCUT2D eigenvalue weighted by molar-refractivity contribution is 0.421. The number of halogens is 1. The van der Waals surface area contributed by atoms with E-state index in [4.69, 9.17) is 11.1 Å². The molecule has 0 aliphatic carbocycles. The van der Waals surface area contributed by atoms with Gasteiger partial charge < -0.3 is 11.1 Å². The molecule has 0 amide bonds. The Morgan fingerprint density at radius 1 is 1.36 bits per heavy atom. The SMILES string of the molecule is N=C(N)NCCCCNCF. The van der Waals surface area contributed by atoms with Crippen molar-refractivity contribution in [3.05, 3.63) is 0 Å². The number of alkyl halides is 1. The fourth-order valence-corrected chi connectivity index (χ4v) is 0.665. The third kappa shape index (κ3) is 9.16. The van der Waals surface area contributed by atoms with E-state index in [0.29, 0.717) is 13.1 Å². The second kappa shape index (κ2) is 7.27. The smallest absolute Gasteiger partial charge is 0.185 e. The predicted octanol–water partition coefficient (Wildman–Crippen LogP) is -0.234. The van der Waals surface area contributed by atoms with Crippen LogP contribution in [0.25, 0.3) is 0 Å². The zero-order valence-electron chi connectivity index (χ0n) is 6.49. The van der Waals surface area contributed by atoms with Crippen molar-refractivity contribution in [1.82, 2.24) is 10.6 Å². The molecule has 0 aromatic carbocycles. The third-order valence-electron chi connectivity index (χ3n) is 1.19. The Bertz CT molecular complexity index is 107. The molecular formula is C6H15FN4. The Hall–Kier alpha value is -0.840. The van der Waals surface area contributed by atoms with E-state index in [9.17, 15) is 4.39 Å². The standard InChI is InChI=1S/C6H15FN4/c7-5-10-3-1-2-4-11-6(8)9/h10H,1-5H2,(H4,8,9,11). The summed E-state index contributed by atoms with van der Waals surface area (Å²) in [5.74, 6) is -0.0107. The van der Waals surface area contributed by atoms with Gasteiger partial charge in [0.25, 0.3) is 0 Å². The van der Waals surface area contributed by atoms with Crippen molar-refractivity contribution in [3.63, 3.8) is 0 Å². The summed E-state index contributed by atoms with van der Waals surface area (Å²) in [6.45, 7) is 0.888. The molecular weight excluding hydrogens is 147 g/mol. The number of guanidine groups is 1. The molecule has 4 nitrogen and oxygen atoms in total. The largest absolute Gasteiger partial charge is 0.370 e. The van der Waals surface area contributed by atoms with Crippen LogP contribution in [0.2, 0.25) is 0 Å². The van der Waals surface area contributed by atoms with Gasteiger partial charge in [-0.15, -0.1) is 0 Å². The van der Waals surface area contributed by atoms with Crippen LogP contribution in [0.15, 0.2) is 0 Å². The Kier molecular flexibility index (Phi) is 6.71. The first-order valence-electron chi connectivity index (χ1n) is 3.62. The molecule has 0 fully saturated rings. The topological polar surface area (TPSA) is 73.9 Å². The molecule has 0 saturated carbocycles. The van der Waals surface area contributed by atoms with Crippen molar-refractivity contribution in [1.29, 1.82) is 5.41 Å². The number of hydrogen-bond donors (Lipinski definition) is 4. The summed E-state index contributed by atoms with van der Waals surface area (Å²) in [4.78, 5) is 0. The van der Waals surface area contributed by atoms with Crippen LogP contribution in [0.3, 0.4) is 0 Å². The van der Waals surface area contributed by atoms with Crippen LogP contribution in [0.4, 0.5) is 4.39 Å². The molecule has 0 atom stereocenters. The molecule has 11 heavy (non-hydrogen) atoms. The Balaban J connectivity index is 2.85. The molecule has 0 rings (SSSR count). The van der Waals surface area contributed by atoms with Gasteiger partial charge in [-0.3, -0.25) is 10.7 Å². The first-order chi connectivity index (χ1) is 5.27. The molecule has 5 heteroatoms. The van der Waals surface area contributed by atoms with Crippen molar-refractivity contribution in [2.45, 2.75) is 12.8 Å². The van der Waals surface area contributed by atoms with E-state index in [0.717, 1.165) is 12.8 Å². The zero-order valence-corrected chi connectivity index (χ0v) is 6.49. The van der Waals surface area contributed by atoms with E-state index in [2.05, 4.69) is 10.6 Å². The summed E-state index contributed by atoms with van der Waals surface area (Å²) < 4.78 is 11.4. The quantitative estimate of drug-likeness (QED) is 0.188. The third-order valence-corrected chi connectivity index (χ3v) is 1.19. The minimum absolute atomic E-state index is 0.0107. The van der Waals surface area contributed by atoms with Crippen molar-refractivity contribution in [2.75, 3.05) is 19.9 Å². The van der Waals surface area contributed by atoms with E-state index in [1.165, 1.54) is 0 Å². The molecule has 0 unspecified atom stereocenters.